The summed E-state index contributed by atoms with van der Waals surface area (Å²) in [5.74, 6) is 0.239. The van der Waals surface area contributed by atoms with Gasteiger partial charge in [-0.1, -0.05) is 20.8 Å². The molecule has 0 radical (unpaired) electrons. The van der Waals surface area contributed by atoms with Crippen molar-refractivity contribution in [1.29, 1.82) is 0 Å². The molecular formula is C18H27N3O3. The Labute approximate surface area is 142 Å². The summed E-state index contributed by atoms with van der Waals surface area (Å²) in [7, 11) is 0. The number of amidine groups is 1. The summed E-state index contributed by atoms with van der Waals surface area (Å²) in [6, 6.07) is 7.48. The Morgan fingerprint density at radius 3 is 2.42 bits per heavy atom. The Hall–Kier alpha value is -2.08. The number of hydrogen-bond acceptors (Lipinski definition) is 4. The molecule has 24 heavy (non-hydrogen) atoms. The molecule has 0 amide bonds. The molecule has 1 saturated carbocycles. The van der Waals surface area contributed by atoms with Crippen LogP contribution in [0.3, 0.4) is 0 Å². The highest BCUT2D eigenvalue weighted by molar-refractivity contribution is 5.97. The number of hydrogen-bond donors (Lipinski definition) is 3. The molecule has 5 N–H and O–H groups in total. The first kappa shape index (κ1) is 18.3. The van der Waals surface area contributed by atoms with Gasteiger partial charge in [-0.15, -0.1) is 0 Å². The molecule has 0 aromatic heterocycles. The van der Waals surface area contributed by atoms with E-state index in [1.54, 1.807) is 12.1 Å². The standard InChI is InChI=1S/C18H27N3O3/c1-4-18(11(2)3,17(22)23)10-24-13-7-5-12(6-8-13)16(20)21-15-9-14(15)19/h5-8,11,14-15H,4,9-10,19H2,1-3H3,(H2,20,21)(H,22,23)/t14-,15?,18-/m1/s1. The van der Waals surface area contributed by atoms with Crippen LogP contribution in [0.2, 0.25) is 0 Å². The molecule has 0 aliphatic heterocycles. The summed E-state index contributed by atoms with van der Waals surface area (Å²) in [6.45, 7) is 5.82. The van der Waals surface area contributed by atoms with E-state index >= 15 is 0 Å². The van der Waals surface area contributed by atoms with Crippen molar-refractivity contribution in [2.75, 3.05) is 6.61 Å². The van der Waals surface area contributed by atoms with Crippen molar-refractivity contribution in [2.45, 2.75) is 45.7 Å². The topological polar surface area (TPSA) is 111 Å². The monoisotopic (exact) mass is 333 g/mol. The molecule has 2 rings (SSSR count). The van der Waals surface area contributed by atoms with Crippen LogP contribution in [-0.2, 0) is 4.79 Å². The molecule has 1 fully saturated rings. The largest absolute Gasteiger partial charge is 0.492 e. The smallest absolute Gasteiger partial charge is 0.313 e. The number of carboxylic acid groups (broad SMARTS) is 1. The molecule has 0 spiro atoms. The number of nitrogens with two attached hydrogens (primary N) is 2. The molecule has 0 heterocycles. The van der Waals surface area contributed by atoms with Gasteiger partial charge in [-0.3, -0.25) is 9.79 Å². The maximum atomic E-state index is 11.7. The number of ether oxygens (including phenoxy) is 1. The van der Waals surface area contributed by atoms with E-state index < -0.39 is 11.4 Å². The average molecular weight is 333 g/mol. The zero-order valence-electron chi connectivity index (χ0n) is 14.5. The van der Waals surface area contributed by atoms with Gasteiger partial charge in [0.1, 0.15) is 23.6 Å². The van der Waals surface area contributed by atoms with E-state index in [-0.39, 0.29) is 24.6 Å². The van der Waals surface area contributed by atoms with Gasteiger partial charge in [-0.25, -0.2) is 0 Å². The SMILES string of the molecule is CC[C@](COc1ccc(C(N)=NC2C[C@H]2N)cc1)(C(=O)O)C(C)C. The summed E-state index contributed by atoms with van der Waals surface area (Å²) in [5, 5.41) is 9.58. The number of aliphatic imine (C=N–C) groups is 1. The van der Waals surface area contributed by atoms with Crippen molar-refractivity contribution < 1.29 is 14.6 Å². The van der Waals surface area contributed by atoms with Gasteiger partial charge in [0.2, 0.25) is 0 Å². The van der Waals surface area contributed by atoms with Gasteiger partial charge in [0.05, 0.1) is 6.04 Å². The van der Waals surface area contributed by atoms with E-state index in [9.17, 15) is 9.90 Å². The molecule has 1 aromatic carbocycles. The fourth-order valence-electron chi connectivity index (χ4n) is 2.67. The highest BCUT2D eigenvalue weighted by Crippen LogP contribution is 2.33. The van der Waals surface area contributed by atoms with Crippen LogP contribution in [0, 0.1) is 11.3 Å². The lowest BCUT2D eigenvalue weighted by Crippen LogP contribution is -2.41. The molecule has 0 saturated heterocycles. The van der Waals surface area contributed by atoms with Crippen molar-refractivity contribution in [3.8, 4) is 5.75 Å². The van der Waals surface area contributed by atoms with Crippen LogP contribution >= 0.6 is 0 Å². The van der Waals surface area contributed by atoms with Gasteiger partial charge in [0.25, 0.3) is 0 Å². The van der Waals surface area contributed by atoms with E-state index in [0.29, 0.717) is 18.0 Å². The van der Waals surface area contributed by atoms with Crippen LogP contribution in [-0.4, -0.2) is 35.6 Å². The number of benzene rings is 1. The second kappa shape index (κ2) is 7.21. The minimum absolute atomic E-state index is 0.0233. The Bertz CT molecular complexity index is 612. The minimum atomic E-state index is -0.888. The van der Waals surface area contributed by atoms with Gasteiger partial charge in [0, 0.05) is 11.6 Å². The van der Waals surface area contributed by atoms with Crippen LogP contribution in [0.5, 0.6) is 5.75 Å². The molecule has 6 heteroatoms. The molecule has 1 aliphatic carbocycles. The highest BCUT2D eigenvalue weighted by atomic mass is 16.5. The Balaban J connectivity index is 2.03. The second-order valence-corrected chi connectivity index (χ2v) is 6.76. The molecule has 132 valence electrons. The van der Waals surface area contributed by atoms with Crippen LogP contribution in [0.25, 0.3) is 0 Å². The van der Waals surface area contributed by atoms with Gasteiger partial charge in [0.15, 0.2) is 0 Å². The highest BCUT2D eigenvalue weighted by Gasteiger charge is 2.41. The lowest BCUT2D eigenvalue weighted by atomic mass is 9.75. The number of aliphatic carboxylic acids is 1. The number of rotatable bonds is 8. The maximum absolute atomic E-state index is 11.7. The molecular weight excluding hydrogens is 306 g/mol. The first-order valence-electron chi connectivity index (χ1n) is 8.35. The van der Waals surface area contributed by atoms with Gasteiger partial charge >= 0.3 is 5.97 Å². The van der Waals surface area contributed by atoms with Crippen LogP contribution in [0.4, 0.5) is 0 Å². The molecule has 1 aromatic rings. The lowest BCUT2D eigenvalue weighted by molar-refractivity contribution is -0.154. The quantitative estimate of drug-likeness (QED) is 0.498. The molecule has 3 atom stereocenters. The summed E-state index contributed by atoms with van der Waals surface area (Å²) in [4.78, 5) is 16.0. The summed E-state index contributed by atoms with van der Waals surface area (Å²) >= 11 is 0. The van der Waals surface area contributed by atoms with E-state index in [4.69, 9.17) is 16.2 Å². The zero-order valence-corrected chi connectivity index (χ0v) is 14.5. The molecule has 1 aliphatic rings. The summed E-state index contributed by atoms with van der Waals surface area (Å²) in [5.41, 5.74) is 11.6. The average Bonchev–Trinajstić information content (AvgIpc) is 3.23. The summed E-state index contributed by atoms with van der Waals surface area (Å²) in [6.07, 6.45) is 1.39. The Morgan fingerprint density at radius 2 is 2.00 bits per heavy atom. The van der Waals surface area contributed by atoms with Crippen molar-refractivity contribution in [1.82, 2.24) is 0 Å². The fourth-order valence-corrected chi connectivity index (χ4v) is 2.67. The van der Waals surface area contributed by atoms with Gasteiger partial charge in [-0.05, 0) is 43.0 Å². The third-order valence-electron chi connectivity index (χ3n) is 4.92. The van der Waals surface area contributed by atoms with Gasteiger partial charge in [-0.2, -0.15) is 0 Å². The van der Waals surface area contributed by atoms with E-state index in [0.717, 1.165) is 12.0 Å². The van der Waals surface area contributed by atoms with Crippen LogP contribution in [0.15, 0.2) is 29.3 Å². The third-order valence-corrected chi connectivity index (χ3v) is 4.92. The second-order valence-electron chi connectivity index (χ2n) is 6.76. The third kappa shape index (κ3) is 3.87. The fraction of sp³-hybridized carbons (Fsp3) is 0.556. The first-order chi connectivity index (χ1) is 11.3. The van der Waals surface area contributed by atoms with E-state index in [2.05, 4.69) is 4.99 Å². The van der Waals surface area contributed by atoms with Crippen molar-refractivity contribution >= 4 is 11.8 Å². The normalized spacial score (nSPS) is 23.0. The molecule has 0 bridgehead atoms. The van der Waals surface area contributed by atoms with Crippen molar-refractivity contribution in [2.24, 2.45) is 27.8 Å². The van der Waals surface area contributed by atoms with Gasteiger partial charge < -0.3 is 21.3 Å². The van der Waals surface area contributed by atoms with Crippen molar-refractivity contribution in [3.63, 3.8) is 0 Å². The van der Waals surface area contributed by atoms with Crippen LogP contribution < -0.4 is 16.2 Å². The van der Waals surface area contributed by atoms with E-state index in [1.165, 1.54) is 0 Å². The molecule has 1 unspecified atom stereocenters. The number of carboxylic acids is 1. The van der Waals surface area contributed by atoms with Crippen LogP contribution in [0.1, 0.15) is 39.2 Å². The molecule has 6 nitrogen and oxygen atoms in total. The Morgan fingerprint density at radius 1 is 1.42 bits per heavy atom. The number of nitrogens with zero attached hydrogens (tertiary/aromatic N) is 1. The Kier molecular flexibility index (Phi) is 5.49. The minimum Gasteiger partial charge on any atom is -0.492 e. The van der Waals surface area contributed by atoms with E-state index in [1.807, 2.05) is 32.9 Å². The predicted octanol–water partition coefficient (Wildman–Crippen LogP) is 2.01. The maximum Gasteiger partial charge on any atom is 0.313 e. The predicted molar refractivity (Wildman–Crippen MR) is 94.2 cm³/mol. The van der Waals surface area contributed by atoms with Crippen molar-refractivity contribution in [3.05, 3.63) is 29.8 Å². The first-order valence-corrected chi connectivity index (χ1v) is 8.35. The number of carbonyl (C=O) groups is 1. The zero-order chi connectivity index (χ0) is 17.9. The lowest BCUT2D eigenvalue weighted by Gasteiger charge is -2.31. The summed E-state index contributed by atoms with van der Waals surface area (Å²) < 4.78 is 5.75.